The Morgan fingerprint density at radius 2 is 0.683 bits per heavy atom. The number of hydrogen-bond donors (Lipinski definition) is 0. The van der Waals surface area contributed by atoms with Crippen LogP contribution >= 0.6 is 0 Å². The average Bonchev–Trinajstić information content (AvgIpc) is 3.29. The van der Waals surface area contributed by atoms with Gasteiger partial charge in [-0.1, -0.05) is 18.2 Å². The summed E-state index contributed by atoms with van der Waals surface area (Å²) in [6.07, 6.45) is 4.48. The first kappa shape index (κ1) is 42.9. The van der Waals surface area contributed by atoms with Crippen molar-refractivity contribution < 1.29 is 47.4 Å². The van der Waals surface area contributed by atoms with Gasteiger partial charge in [0.05, 0.1) is 56.9 Å². The lowest BCUT2D eigenvalue weighted by atomic mass is 10.0. The summed E-state index contributed by atoms with van der Waals surface area (Å²) in [7, 11) is 13.2. The zero-order chi connectivity index (χ0) is 42.4. The molecule has 0 spiro atoms. The van der Waals surface area contributed by atoms with E-state index in [1.165, 1.54) is 0 Å². The molecule has 6 aromatic carbocycles. The van der Waals surface area contributed by atoms with Crippen LogP contribution in [0.15, 0.2) is 109 Å². The molecule has 0 aliphatic carbocycles. The molecule has 0 bridgehead atoms. The SMILES string of the molecule is COc1cccc(CCc2cc(Oc3cc(CCc4cc(OC)cc(Oc5cc(CCc6cc(OC)cc(OC)c6)ccc5OC)c4)cc(OC)c3)c(OC)cc2OC)c1. The van der Waals surface area contributed by atoms with E-state index in [2.05, 4.69) is 12.1 Å². The van der Waals surface area contributed by atoms with Crippen LogP contribution in [0, 0.1) is 0 Å². The smallest absolute Gasteiger partial charge is 0.169 e. The topological polar surface area (TPSA) is 92.3 Å². The van der Waals surface area contributed by atoms with Crippen LogP contribution in [-0.4, -0.2) is 56.9 Å². The van der Waals surface area contributed by atoms with Crippen molar-refractivity contribution >= 4 is 0 Å². The van der Waals surface area contributed by atoms with Crippen LogP contribution in [-0.2, 0) is 38.5 Å². The Morgan fingerprint density at radius 3 is 1.18 bits per heavy atom. The molecule has 0 N–H and O–H groups in total. The summed E-state index contributed by atoms with van der Waals surface area (Å²) in [5.41, 5.74) is 6.44. The first-order valence-electron chi connectivity index (χ1n) is 19.7. The lowest BCUT2D eigenvalue weighted by molar-refractivity contribution is 0.365. The summed E-state index contributed by atoms with van der Waals surface area (Å²) >= 11 is 0. The van der Waals surface area contributed by atoms with Gasteiger partial charge in [-0.3, -0.25) is 0 Å². The predicted molar refractivity (Wildman–Crippen MR) is 233 cm³/mol. The standard InChI is InChI=1S/C50H54O10/c1-51-39-11-9-10-33(20-39)16-18-38-28-50(48(58-8)32-47(38)57-7)60-45-26-37(24-43(31-45)55-5)15-14-36-23-42(54-4)30-44(25-36)59-49-27-34(17-19-46(49)56-6)12-13-35-21-40(52-2)29-41(22-35)53-3/h9-11,17,19-32H,12-16,18H2,1-8H3. The van der Waals surface area contributed by atoms with E-state index in [1.807, 2.05) is 97.1 Å². The van der Waals surface area contributed by atoms with E-state index in [0.29, 0.717) is 58.8 Å². The second-order valence-electron chi connectivity index (χ2n) is 14.1. The number of aryl methyl sites for hydroxylation is 6. The van der Waals surface area contributed by atoms with Crippen molar-refractivity contribution in [3.63, 3.8) is 0 Å². The minimum atomic E-state index is 0.560. The molecule has 0 radical (unpaired) electrons. The van der Waals surface area contributed by atoms with Crippen LogP contribution in [0.3, 0.4) is 0 Å². The molecular formula is C50H54O10. The van der Waals surface area contributed by atoms with Gasteiger partial charge in [-0.25, -0.2) is 0 Å². The van der Waals surface area contributed by atoms with Crippen molar-refractivity contribution in [1.29, 1.82) is 0 Å². The van der Waals surface area contributed by atoms with Gasteiger partial charge in [0, 0.05) is 24.3 Å². The van der Waals surface area contributed by atoms with Crippen LogP contribution < -0.4 is 47.4 Å². The van der Waals surface area contributed by atoms with E-state index < -0.39 is 0 Å². The molecule has 0 aliphatic heterocycles. The lowest BCUT2D eigenvalue weighted by Gasteiger charge is -2.17. The van der Waals surface area contributed by atoms with Crippen LogP contribution in [0.1, 0.15) is 33.4 Å². The monoisotopic (exact) mass is 814 g/mol. The normalized spacial score (nSPS) is 10.7. The van der Waals surface area contributed by atoms with Gasteiger partial charge in [-0.15, -0.1) is 0 Å². The minimum absolute atomic E-state index is 0.560. The molecule has 0 aromatic heterocycles. The lowest BCUT2D eigenvalue weighted by Crippen LogP contribution is -2.00. The highest BCUT2D eigenvalue weighted by Crippen LogP contribution is 2.40. The molecule has 6 aromatic rings. The number of rotatable bonds is 21. The Morgan fingerprint density at radius 1 is 0.267 bits per heavy atom. The Labute approximate surface area is 353 Å². The number of ether oxygens (including phenoxy) is 10. The first-order valence-corrected chi connectivity index (χ1v) is 19.7. The highest BCUT2D eigenvalue weighted by Gasteiger charge is 2.16. The summed E-state index contributed by atoms with van der Waals surface area (Å²) in [6, 6.07) is 35.7. The van der Waals surface area contributed by atoms with E-state index >= 15 is 0 Å². The number of hydrogen-bond acceptors (Lipinski definition) is 10. The molecular weight excluding hydrogens is 761 g/mol. The molecule has 0 unspecified atom stereocenters. The van der Waals surface area contributed by atoms with Crippen molar-refractivity contribution in [1.82, 2.24) is 0 Å². The third-order valence-corrected chi connectivity index (χ3v) is 10.2. The van der Waals surface area contributed by atoms with Gasteiger partial charge in [-0.2, -0.15) is 0 Å². The molecule has 0 saturated heterocycles. The first-order chi connectivity index (χ1) is 29.3. The largest absolute Gasteiger partial charge is 0.497 e. The molecule has 0 fully saturated rings. The van der Waals surface area contributed by atoms with E-state index in [9.17, 15) is 0 Å². The van der Waals surface area contributed by atoms with Crippen LogP contribution in [0.5, 0.6) is 69.0 Å². The van der Waals surface area contributed by atoms with Gasteiger partial charge < -0.3 is 47.4 Å². The maximum Gasteiger partial charge on any atom is 0.169 e. The number of methoxy groups -OCH3 is 8. The Bertz CT molecular complexity index is 2330. The van der Waals surface area contributed by atoms with Crippen LogP contribution in [0.4, 0.5) is 0 Å². The highest BCUT2D eigenvalue weighted by atomic mass is 16.5. The average molecular weight is 815 g/mol. The van der Waals surface area contributed by atoms with Crippen molar-refractivity contribution in [2.24, 2.45) is 0 Å². The second kappa shape index (κ2) is 20.8. The minimum Gasteiger partial charge on any atom is -0.497 e. The Hall–Kier alpha value is -6.68. The molecule has 0 saturated carbocycles. The fourth-order valence-electron chi connectivity index (χ4n) is 7.02. The third-order valence-electron chi connectivity index (χ3n) is 10.2. The highest BCUT2D eigenvalue weighted by molar-refractivity contribution is 5.54. The van der Waals surface area contributed by atoms with E-state index in [0.717, 1.165) is 82.1 Å². The summed E-state index contributed by atoms with van der Waals surface area (Å²) < 4.78 is 58.1. The summed E-state index contributed by atoms with van der Waals surface area (Å²) in [5.74, 6) is 8.10. The number of benzene rings is 6. The molecule has 6 rings (SSSR count). The Balaban J connectivity index is 1.18. The van der Waals surface area contributed by atoms with Gasteiger partial charge in [0.1, 0.15) is 46.0 Å². The van der Waals surface area contributed by atoms with Crippen molar-refractivity contribution in [2.75, 3.05) is 56.9 Å². The summed E-state index contributed by atoms with van der Waals surface area (Å²) in [4.78, 5) is 0. The maximum atomic E-state index is 6.54. The van der Waals surface area contributed by atoms with E-state index in [4.69, 9.17) is 47.4 Å². The summed E-state index contributed by atoms with van der Waals surface area (Å²) in [6.45, 7) is 0. The molecule has 0 aliphatic rings. The molecule has 314 valence electrons. The molecule has 0 atom stereocenters. The van der Waals surface area contributed by atoms with Gasteiger partial charge in [0.15, 0.2) is 23.0 Å². The van der Waals surface area contributed by atoms with Crippen LogP contribution in [0.2, 0.25) is 0 Å². The van der Waals surface area contributed by atoms with Gasteiger partial charge in [0.25, 0.3) is 0 Å². The maximum absolute atomic E-state index is 6.54. The molecule has 10 heteroatoms. The zero-order valence-electron chi connectivity index (χ0n) is 35.7. The van der Waals surface area contributed by atoms with Crippen molar-refractivity contribution in [3.05, 3.63) is 143 Å². The van der Waals surface area contributed by atoms with Gasteiger partial charge in [0.2, 0.25) is 0 Å². The van der Waals surface area contributed by atoms with Gasteiger partial charge >= 0.3 is 0 Å². The molecule has 0 heterocycles. The molecule has 60 heavy (non-hydrogen) atoms. The molecule has 10 nitrogen and oxygen atoms in total. The van der Waals surface area contributed by atoms with E-state index in [1.54, 1.807) is 56.9 Å². The quantitative estimate of drug-likeness (QED) is 0.0699. The third kappa shape index (κ3) is 11.3. The van der Waals surface area contributed by atoms with E-state index in [-0.39, 0.29) is 0 Å². The predicted octanol–water partition coefficient (Wildman–Crippen LogP) is 10.7. The molecule has 0 amide bonds. The fraction of sp³-hybridized carbons (Fsp3) is 0.280. The van der Waals surface area contributed by atoms with Crippen molar-refractivity contribution in [2.45, 2.75) is 38.5 Å². The fourth-order valence-corrected chi connectivity index (χ4v) is 7.02. The van der Waals surface area contributed by atoms with Crippen LogP contribution in [0.25, 0.3) is 0 Å². The Kier molecular flexibility index (Phi) is 14.9. The summed E-state index contributed by atoms with van der Waals surface area (Å²) in [5, 5.41) is 0. The van der Waals surface area contributed by atoms with Crippen molar-refractivity contribution in [3.8, 4) is 69.0 Å². The van der Waals surface area contributed by atoms with Gasteiger partial charge in [-0.05, 0) is 139 Å². The zero-order valence-corrected chi connectivity index (χ0v) is 35.7. The second-order valence-corrected chi connectivity index (χ2v) is 14.1.